The topological polar surface area (TPSA) is 54.2 Å². The van der Waals surface area contributed by atoms with Crippen molar-refractivity contribution in [2.45, 2.75) is 78.7 Å². The molecule has 150 valence electrons. The van der Waals surface area contributed by atoms with Gasteiger partial charge in [-0.1, -0.05) is 25.7 Å². The summed E-state index contributed by atoms with van der Waals surface area (Å²) < 4.78 is 1.97. The van der Waals surface area contributed by atoms with Crippen LogP contribution in [-0.2, 0) is 13.5 Å². The molecule has 1 atom stereocenters. The van der Waals surface area contributed by atoms with Gasteiger partial charge < -0.3 is 10.6 Å². The molecule has 5 nitrogen and oxygen atoms in total. The Hall–Kier alpha value is -0.790. The molecule has 0 aliphatic heterocycles. The standard InChI is InChI=1S/C20H37N5.HI/c1-6-21-20(22-13-9-12-18-10-7-8-11-18)23-15(2)14-19-16(3)24-25(5)17(19)4;/h15,18H,6-14H2,1-5H3,(H2,21,22,23);1H. The lowest BCUT2D eigenvalue weighted by molar-refractivity contribution is 0.487. The quantitative estimate of drug-likeness (QED) is 0.258. The van der Waals surface area contributed by atoms with E-state index < -0.39 is 0 Å². The lowest BCUT2D eigenvalue weighted by Gasteiger charge is -2.18. The van der Waals surface area contributed by atoms with Gasteiger partial charge in [0.2, 0.25) is 0 Å². The van der Waals surface area contributed by atoms with Crippen LogP contribution in [-0.4, -0.2) is 34.9 Å². The minimum absolute atomic E-state index is 0. The van der Waals surface area contributed by atoms with Gasteiger partial charge in [0.05, 0.1) is 5.69 Å². The number of hydrogen-bond acceptors (Lipinski definition) is 2. The van der Waals surface area contributed by atoms with Gasteiger partial charge in [0.15, 0.2) is 5.96 Å². The van der Waals surface area contributed by atoms with Crippen molar-refractivity contribution < 1.29 is 0 Å². The van der Waals surface area contributed by atoms with Crippen molar-refractivity contribution in [3.05, 3.63) is 17.0 Å². The van der Waals surface area contributed by atoms with Gasteiger partial charge >= 0.3 is 0 Å². The summed E-state index contributed by atoms with van der Waals surface area (Å²) in [7, 11) is 2.01. The van der Waals surface area contributed by atoms with E-state index in [4.69, 9.17) is 4.99 Å². The molecule has 1 aromatic rings. The first kappa shape index (κ1) is 23.2. The monoisotopic (exact) mass is 475 g/mol. The minimum atomic E-state index is 0. The highest BCUT2D eigenvalue weighted by Crippen LogP contribution is 2.28. The van der Waals surface area contributed by atoms with E-state index in [1.807, 2.05) is 11.7 Å². The van der Waals surface area contributed by atoms with Crippen LogP contribution < -0.4 is 10.6 Å². The maximum Gasteiger partial charge on any atom is 0.191 e. The van der Waals surface area contributed by atoms with Crippen LogP contribution in [0.5, 0.6) is 0 Å². The van der Waals surface area contributed by atoms with Crippen molar-refractivity contribution in [3.8, 4) is 0 Å². The van der Waals surface area contributed by atoms with Crippen LogP contribution in [0, 0.1) is 19.8 Å². The van der Waals surface area contributed by atoms with E-state index in [-0.39, 0.29) is 24.0 Å². The maximum absolute atomic E-state index is 4.78. The van der Waals surface area contributed by atoms with Gasteiger partial charge in [-0.3, -0.25) is 9.67 Å². The molecule has 1 unspecified atom stereocenters. The lowest BCUT2D eigenvalue weighted by atomic mass is 10.0. The van der Waals surface area contributed by atoms with E-state index in [1.165, 1.54) is 49.8 Å². The smallest absolute Gasteiger partial charge is 0.191 e. The highest BCUT2D eigenvalue weighted by atomic mass is 127. The van der Waals surface area contributed by atoms with Crippen molar-refractivity contribution in [2.24, 2.45) is 18.0 Å². The summed E-state index contributed by atoms with van der Waals surface area (Å²) in [5, 5.41) is 11.5. The number of aromatic nitrogens is 2. The van der Waals surface area contributed by atoms with Crippen molar-refractivity contribution in [3.63, 3.8) is 0 Å². The molecule has 1 aliphatic rings. The second kappa shape index (κ2) is 11.8. The Bertz CT molecular complexity index is 561. The number of guanidine groups is 1. The average Bonchev–Trinajstić information content (AvgIpc) is 3.16. The largest absolute Gasteiger partial charge is 0.357 e. The number of aliphatic imine (C=N–C) groups is 1. The fourth-order valence-electron chi connectivity index (χ4n) is 3.89. The molecule has 0 aromatic carbocycles. The van der Waals surface area contributed by atoms with Gasteiger partial charge in [0.25, 0.3) is 0 Å². The zero-order valence-electron chi connectivity index (χ0n) is 17.3. The molecular formula is C20H38IN5. The molecule has 0 spiro atoms. The van der Waals surface area contributed by atoms with E-state index in [9.17, 15) is 0 Å². The molecule has 0 amide bonds. The molecule has 1 fully saturated rings. The molecule has 26 heavy (non-hydrogen) atoms. The van der Waals surface area contributed by atoms with Gasteiger partial charge in [0, 0.05) is 31.9 Å². The summed E-state index contributed by atoms with van der Waals surface area (Å²) in [6.45, 7) is 10.4. The average molecular weight is 475 g/mol. The predicted molar refractivity (Wildman–Crippen MR) is 122 cm³/mol. The fraction of sp³-hybridized carbons (Fsp3) is 0.800. The van der Waals surface area contributed by atoms with Crippen LogP contribution in [0.2, 0.25) is 0 Å². The molecule has 1 saturated carbocycles. The van der Waals surface area contributed by atoms with Gasteiger partial charge in [-0.2, -0.15) is 5.10 Å². The zero-order chi connectivity index (χ0) is 18.2. The van der Waals surface area contributed by atoms with Gasteiger partial charge in [-0.15, -0.1) is 24.0 Å². The van der Waals surface area contributed by atoms with Gasteiger partial charge in [0.1, 0.15) is 0 Å². The number of halogens is 1. The number of rotatable bonds is 8. The molecule has 2 N–H and O–H groups in total. The van der Waals surface area contributed by atoms with E-state index in [1.54, 1.807) is 0 Å². The van der Waals surface area contributed by atoms with E-state index in [2.05, 4.69) is 43.4 Å². The Morgan fingerprint density at radius 1 is 1.31 bits per heavy atom. The Morgan fingerprint density at radius 3 is 2.58 bits per heavy atom. The molecule has 1 aromatic heterocycles. The first-order valence-corrected chi connectivity index (χ1v) is 10.0. The molecule has 1 aliphatic carbocycles. The van der Waals surface area contributed by atoms with Gasteiger partial charge in [-0.05, 0) is 58.4 Å². The zero-order valence-corrected chi connectivity index (χ0v) is 19.6. The molecule has 0 bridgehead atoms. The van der Waals surface area contributed by atoms with Crippen molar-refractivity contribution >= 4 is 29.9 Å². The van der Waals surface area contributed by atoms with Crippen LogP contribution in [0.15, 0.2) is 4.99 Å². The molecular weight excluding hydrogens is 437 g/mol. The first-order valence-electron chi connectivity index (χ1n) is 10.0. The molecule has 1 heterocycles. The Morgan fingerprint density at radius 2 is 2.00 bits per heavy atom. The number of aryl methyl sites for hydroxylation is 2. The summed E-state index contributed by atoms with van der Waals surface area (Å²) in [5.74, 6) is 1.90. The molecule has 6 heteroatoms. The summed E-state index contributed by atoms with van der Waals surface area (Å²) in [6.07, 6.45) is 9.25. The summed E-state index contributed by atoms with van der Waals surface area (Å²) >= 11 is 0. The predicted octanol–water partition coefficient (Wildman–Crippen LogP) is 4.11. The van der Waals surface area contributed by atoms with E-state index >= 15 is 0 Å². The highest BCUT2D eigenvalue weighted by molar-refractivity contribution is 14.0. The second-order valence-corrected chi connectivity index (χ2v) is 7.58. The molecule has 0 radical (unpaired) electrons. The minimum Gasteiger partial charge on any atom is -0.357 e. The summed E-state index contributed by atoms with van der Waals surface area (Å²) in [6, 6.07) is 0.328. The summed E-state index contributed by atoms with van der Waals surface area (Å²) in [4.78, 5) is 4.78. The van der Waals surface area contributed by atoms with Gasteiger partial charge in [-0.25, -0.2) is 0 Å². The number of nitrogens with one attached hydrogen (secondary N) is 2. The Labute approximate surface area is 176 Å². The first-order chi connectivity index (χ1) is 12.0. The van der Waals surface area contributed by atoms with Crippen LogP contribution >= 0.6 is 24.0 Å². The SMILES string of the molecule is CCNC(=NCCCC1CCCC1)NC(C)Cc1c(C)nn(C)c1C.I. The summed E-state index contributed by atoms with van der Waals surface area (Å²) in [5.41, 5.74) is 3.73. The van der Waals surface area contributed by atoms with Crippen molar-refractivity contribution in [1.29, 1.82) is 0 Å². The van der Waals surface area contributed by atoms with Crippen LogP contribution in [0.4, 0.5) is 0 Å². The highest BCUT2D eigenvalue weighted by Gasteiger charge is 2.15. The molecule has 0 saturated heterocycles. The van der Waals surface area contributed by atoms with Crippen LogP contribution in [0.3, 0.4) is 0 Å². The van der Waals surface area contributed by atoms with Crippen molar-refractivity contribution in [1.82, 2.24) is 20.4 Å². The van der Waals surface area contributed by atoms with Crippen LogP contribution in [0.1, 0.15) is 69.3 Å². The third-order valence-corrected chi connectivity index (χ3v) is 5.41. The third kappa shape index (κ3) is 7.08. The second-order valence-electron chi connectivity index (χ2n) is 7.58. The van der Waals surface area contributed by atoms with Crippen molar-refractivity contribution in [2.75, 3.05) is 13.1 Å². The lowest BCUT2D eigenvalue weighted by Crippen LogP contribution is -2.43. The fourth-order valence-corrected chi connectivity index (χ4v) is 3.89. The maximum atomic E-state index is 4.78. The van der Waals surface area contributed by atoms with E-state index in [0.29, 0.717) is 6.04 Å². The Kier molecular flexibility index (Phi) is 10.6. The number of hydrogen-bond donors (Lipinski definition) is 2. The normalized spacial score (nSPS) is 16.4. The Balaban J connectivity index is 0.00000338. The molecule has 2 rings (SSSR count). The van der Waals surface area contributed by atoms with Crippen LogP contribution in [0.25, 0.3) is 0 Å². The van der Waals surface area contributed by atoms with E-state index in [0.717, 1.165) is 37.1 Å². The number of nitrogens with zero attached hydrogens (tertiary/aromatic N) is 3. The third-order valence-electron chi connectivity index (χ3n) is 5.41.